The van der Waals surface area contributed by atoms with E-state index < -0.39 is 0 Å². The van der Waals surface area contributed by atoms with Crippen molar-refractivity contribution < 1.29 is 9.59 Å². The van der Waals surface area contributed by atoms with Crippen molar-refractivity contribution in [3.63, 3.8) is 0 Å². The molecule has 1 heterocycles. The van der Waals surface area contributed by atoms with Crippen LogP contribution in [0.1, 0.15) is 47.5 Å². The van der Waals surface area contributed by atoms with Crippen LogP contribution < -0.4 is 10.6 Å². The number of piperidine rings is 1. The van der Waals surface area contributed by atoms with Crippen molar-refractivity contribution in [2.24, 2.45) is 11.8 Å². The molecule has 0 bridgehead atoms. The van der Waals surface area contributed by atoms with E-state index in [4.69, 9.17) is 0 Å². The molecule has 0 aromatic carbocycles. The van der Waals surface area contributed by atoms with E-state index in [0.717, 1.165) is 25.9 Å². The summed E-state index contributed by atoms with van der Waals surface area (Å²) in [7, 11) is 0. The Labute approximate surface area is 128 Å². The predicted molar refractivity (Wildman–Crippen MR) is 84.9 cm³/mol. The molecular formula is C16H31N3O2. The Bertz CT molecular complexity index is 357. The van der Waals surface area contributed by atoms with Crippen LogP contribution in [0.25, 0.3) is 0 Å². The zero-order valence-corrected chi connectivity index (χ0v) is 14.1. The standard InChI is InChI=1S/C16H31N3O2/c1-6-14-10-19(13(5)20)8-7-15(14)18-12(4)16(21)17-9-11(2)3/h11-12,14-15,18H,6-10H2,1-5H3,(H,17,21)/t12-,14-,15-/m1/s1. The van der Waals surface area contributed by atoms with Gasteiger partial charge >= 0.3 is 0 Å². The topological polar surface area (TPSA) is 61.4 Å². The third kappa shape index (κ3) is 5.65. The molecule has 2 amide bonds. The highest BCUT2D eigenvalue weighted by molar-refractivity contribution is 5.81. The first-order valence-electron chi connectivity index (χ1n) is 8.14. The number of carbonyl (C=O) groups excluding carboxylic acids is 2. The summed E-state index contributed by atoms with van der Waals surface area (Å²) in [4.78, 5) is 25.5. The van der Waals surface area contributed by atoms with E-state index >= 15 is 0 Å². The van der Waals surface area contributed by atoms with Gasteiger partial charge in [0.15, 0.2) is 0 Å². The highest BCUT2D eigenvalue weighted by atomic mass is 16.2. The fraction of sp³-hybridized carbons (Fsp3) is 0.875. The lowest BCUT2D eigenvalue weighted by Crippen LogP contribution is -2.55. The first-order valence-corrected chi connectivity index (χ1v) is 8.14. The maximum Gasteiger partial charge on any atom is 0.236 e. The van der Waals surface area contributed by atoms with E-state index in [1.807, 2.05) is 11.8 Å². The second kappa shape index (κ2) is 8.37. The average Bonchev–Trinajstić information content (AvgIpc) is 2.44. The predicted octanol–water partition coefficient (Wildman–Crippen LogP) is 1.38. The second-order valence-electron chi connectivity index (χ2n) is 6.56. The summed E-state index contributed by atoms with van der Waals surface area (Å²) in [6.07, 6.45) is 1.93. The monoisotopic (exact) mass is 297 g/mol. The van der Waals surface area contributed by atoms with Crippen molar-refractivity contribution in [2.45, 2.75) is 59.5 Å². The first kappa shape index (κ1) is 18.0. The van der Waals surface area contributed by atoms with Gasteiger partial charge in [-0.25, -0.2) is 0 Å². The molecule has 1 aliphatic heterocycles. The fourth-order valence-corrected chi connectivity index (χ4v) is 2.81. The van der Waals surface area contributed by atoms with Crippen molar-refractivity contribution in [3.8, 4) is 0 Å². The molecular weight excluding hydrogens is 266 g/mol. The maximum absolute atomic E-state index is 12.1. The number of carbonyl (C=O) groups is 2. The van der Waals surface area contributed by atoms with Gasteiger partial charge in [-0.2, -0.15) is 0 Å². The second-order valence-corrected chi connectivity index (χ2v) is 6.56. The van der Waals surface area contributed by atoms with Crippen LogP contribution in [0.5, 0.6) is 0 Å². The Balaban J connectivity index is 2.49. The molecule has 1 aliphatic rings. The van der Waals surface area contributed by atoms with Crippen LogP contribution in [-0.4, -0.2) is 48.4 Å². The summed E-state index contributed by atoms with van der Waals surface area (Å²) in [5.74, 6) is 1.09. The van der Waals surface area contributed by atoms with Crippen molar-refractivity contribution in [1.82, 2.24) is 15.5 Å². The highest BCUT2D eigenvalue weighted by Gasteiger charge is 2.30. The summed E-state index contributed by atoms with van der Waals surface area (Å²) < 4.78 is 0. The van der Waals surface area contributed by atoms with E-state index in [-0.39, 0.29) is 17.9 Å². The van der Waals surface area contributed by atoms with Gasteiger partial charge in [0, 0.05) is 32.6 Å². The molecule has 0 aromatic heterocycles. The SMILES string of the molecule is CC[C@@H]1CN(C(C)=O)CC[C@H]1N[C@H](C)C(=O)NCC(C)C. The molecule has 0 aromatic rings. The summed E-state index contributed by atoms with van der Waals surface area (Å²) in [6.45, 7) is 12.2. The van der Waals surface area contributed by atoms with Gasteiger partial charge in [-0.1, -0.05) is 27.2 Å². The van der Waals surface area contributed by atoms with Gasteiger partial charge in [-0.3, -0.25) is 9.59 Å². The molecule has 5 heteroatoms. The number of nitrogens with zero attached hydrogens (tertiary/aromatic N) is 1. The summed E-state index contributed by atoms with van der Waals surface area (Å²) in [6, 6.07) is 0.122. The smallest absolute Gasteiger partial charge is 0.236 e. The summed E-state index contributed by atoms with van der Waals surface area (Å²) in [5, 5.41) is 6.42. The number of amides is 2. The number of hydrogen-bond donors (Lipinski definition) is 2. The fourth-order valence-electron chi connectivity index (χ4n) is 2.81. The van der Waals surface area contributed by atoms with Gasteiger partial charge in [0.05, 0.1) is 6.04 Å². The summed E-state index contributed by atoms with van der Waals surface area (Å²) >= 11 is 0. The lowest BCUT2D eigenvalue weighted by Gasteiger charge is -2.39. The maximum atomic E-state index is 12.1. The third-order valence-electron chi connectivity index (χ3n) is 4.25. The van der Waals surface area contributed by atoms with Crippen LogP contribution in [0.15, 0.2) is 0 Å². The molecule has 5 nitrogen and oxygen atoms in total. The Kier molecular flexibility index (Phi) is 7.15. The molecule has 0 radical (unpaired) electrons. The molecule has 0 saturated carbocycles. The van der Waals surface area contributed by atoms with Crippen LogP contribution in [0.2, 0.25) is 0 Å². The van der Waals surface area contributed by atoms with E-state index in [9.17, 15) is 9.59 Å². The zero-order chi connectivity index (χ0) is 16.0. The zero-order valence-electron chi connectivity index (χ0n) is 14.1. The van der Waals surface area contributed by atoms with Gasteiger partial charge < -0.3 is 15.5 Å². The van der Waals surface area contributed by atoms with Gasteiger partial charge in [-0.15, -0.1) is 0 Å². The highest BCUT2D eigenvalue weighted by Crippen LogP contribution is 2.20. The lowest BCUT2D eigenvalue weighted by atomic mass is 9.89. The third-order valence-corrected chi connectivity index (χ3v) is 4.25. The van der Waals surface area contributed by atoms with E-state index in [1.54, 1.807) is 6.92 Å². The number of rotatable bonds is 6. The molecule has 3 atom stereocenters. The Hall–Kier alpha value is -1.10. The minimum absolute atomic E-state index is 0.0625. The van der Waals surface area contributed by atoms with Gasteiger partial charge in [0.2, 0.25) is 11.8 Å². The normalized spacial score (nSPS) is 24.0. The van der Waals surface area contributed by atoms with Gasteiger partial charge in [-0.05, 0) is 25.2 Å². The molecule has 0 spiro atoms. The Morgan fingerprint density at radius 2 is 1.95 bits per heavy atom. The first-order chi connectivity index (χ1) is 9.85. The van der Waals surface area contributed by atoms with E-state index in [1.165, 1.54) is 0 Å². The van der Waals surface area contributed by atoms with Crippen LogP contribution in [0.3, 0.4) is 0 Å². The van der Waals surface area contributed by atoms with Gasteiger partial charge in [0.1, 0.15) is 0 Å². The lowest BCUT2D eigenvalue weighted by molar-refractivity contribution is -0.131. The van der Waals surface area contributed by atoms with Crippen molar-refractivity contribution in [3.05, 3.63) is 0 Å². The molecule has 0 unspecified atom stereocenters. The molecule has 1 rings (SSSR count). The molecule has 122 valence electrons. The molecule has 2 N–H and O–H groups in total. The van der Waals surface area contributed by atoms with Crippen molar-refractivity contribution in [2.75, 3.05) is 19.6 Å². The largest absolute Gasteiger partial charge is 0.354 e. The quantitative estimate of drug-likeness (QED) is 0.779. The number of nitrogens with one attached hydrogen (secondary N) is 2. The van der Waals surface area contributed by atoms with E-state index in [0.29, 0.717) is 24.4 Å². The summed E-state index contributed by atoms with van der Waals surface area (Å²) in [5.41, 5.74) is 0. The van der Waals surface area contributed by atoms with Crippen molar-refractivity contribution >= 4 is 11.8 Å². The average molecular weight is 297 g/mol. The van der Waals surface area contributed by atoms with E-state index in [2.05, 4.69) is 31.4 Å². The van der Waals surface area contributed by atoms with Crippen LogP contribution >= 0.6 is 0 Å². The Morgan fingerprint density at radius 3 is 2.48 bits per heavy atom. The Morgan fingerprint density at radius 1 is 1.29 bits per heavy atom. The minimum atomic E-state index is -0.188. The van der Waals surface area contributed by atoms with Crippen molar-refractivity contribution in [1.29, 1.82) is 0 Å². The minimum Gasteiger partial charge on any atom is -0.354 e. The van der Waals surface area contributed by atoms with Crippen LogP contribution in [0, 0.1) is 11.8 Å². The molecule has 1 fully saturated rings. The number of likely N-dealkylation sites (tertiary alicyclic amines) is 1. The van der Waals surface area contributed by atoms with Crippen LogP contribution in [0.4, 0.5) is 0 Å². The van der Waals surface area contributed by atoms with Gasteiger partial charge in [0.25, 0.3) is 0 Å². The number of hydrogen-bond acceptors (Lipinski definition) is 3. The van der Waals surface area contributed by atoms with Crippen LogP contribution in [-0.2, 0) is 9.59 Å². The molecule has 0 aliphatic carbocycles. The molecule has 1 saturated heterocycles. The molecule has 21 heavy (non-hydrogen) atoms.